The average Bonchev–Trinajstić information content (AvgIpc) is 1.87. The quantitative estimate of drug-likeness (QED) is 0.462. The molecule has 0 saturated carbocycles. The van der Waals surface area contributed by atoms with Gasteiger partial charge in [-0.25, -0.2) is 0 Å². The highest BCUT2D eigenvalue weighted by molar-refractivity contribution is 5.79. The lowest BCUT2D eigenvalue weighted by molar-refractivity contribution is -0.125. The molecule has 0 radical (unpaired) electrons. The fraction of sp³-hybridized carbons (Fsp3) is 0.833. The molecule has 0 unspecified atom stereocenters. The van der Waals surface area contributed by atoms with Gasteiger partial charge in [0.25, 0.3) is 0 Å². The summed E-state index contributed by atoms with van der Waals surface area (Å²) in [6.45, 7) is 0.805. The maximum Gasteiger partial charge on any atom is 0.160 e. The third kappa shape index (κ3) is 3.55. The SMILES string of the molecule is C[C@@H](O)[C@H](O)CC(=O)CO. The summed E-state index contributed by atoms with van der Waals surface area (Å²) in [5.74, 6) is -0.464. The maximum atomic E-state index is 10.4. The summed E-state index contributed by atoms with van der Waals surface area (Å²) < 4.78 is 0. The van der Waals surface area contributed by atoms with Crippen LogP contribution in [-0.4, -0.2) is 39.9 Å². The minimum absolute atomic E-state index is 0.186. The van der Waals surface area contributed by atoms with Crippen molar-refractivity contribution in [2.75, 3.05) is 6.61 Å². The highest BCUT2D eigenvalue weighted by atomic mass is 16.3. The Kier molecular flexibility index (Phi) is 4.18. The number of hydrogen-bond donors (Lipinski definition) is 3. The molecule has 2 atom stereocenters. The van der Waals surface area contributed by atoms with Crippen LogP contribution in [0.15, 0.2) is 0 Å². The molecule has 0 aliphatic rings. The van der Waals surface area contributed by atoms with E-state index < -0.39 is 24.6 Å². The molecule has 0 heterocycles. The third-order valence-corrected chi connectivity index (χ3v) is 1.17. The Morgan fingerprint density at radius 3 is 2.30 bits per heavy atom. The predicted molar refractivity (Wildman–Crippen MR) is 34.4 cm³/mol. The van der Waals surface area contributed by atoms with Crippen LogP contribution in [0.25, 0.3) is 0 Å². The van der Waals surface area contributed by atoms with Crippen molar-refractivity contribution in [2.45, 2.75) is 25.6 Å². The van der Waals surface area contributed by atoms with Crippen LogP contribution in [-0.2, 0) is 4.79 Å². The summed E-state index contributed by atoms with van der Waals surface area (Å²) in [5, 5.41) is 25.8. The molecule has 0 aromatic carbocycles. The molecule has 0 fully saturated rings. The summed E-state index contributed by atoms with van der Waals surface area (Å²) in [4.78, 5) is 10.4. The van der Waals surface area contributed by atoms with Crippen LogP contribution in [0.3, 0.4) is 0 Å². The van der Waals surface area contributed by atoms with Crippen molar-refractivity contribution in [3.63, 3.8) is 0 Å². The van der Waals surface area contributed by atoms with Crippen molar-refractivity contribution in [3.05, 3.63) is 0 Å². The van der Waals surface area contributed by atoms with Crippen LogP contribution in [0.4, 0.5) is 0 Å². The van der Waals surface area contributed by atoms with Crippen molar-refractivity contribution in [2.24, 2.45) is 0 Å². The molecule has 0 amide bonds. The second-order valence-electron chi connectivity index (χ2n) is 2.21. The molecule has 0 aliphatic carbocycles. The summed E-state index contributed by atoms with van der Waals surface area (Å²) in [6, 6.07) is 0. The average molecular weight is 148 g/mol. The molecule has 0 rings (SSSR count). The molecule has 0 saturated heterocycles. The number of carbonyl (C=O) groups excluding carboxylic acids is 1. The van der Waals surface area contributed by atoms with E-state index in [0.717, 1.165) is 0 Å². The smallest absolute Gasteiger partial charge is 0.160 e. The van der Waals surface area contributed by atoms with E-state index >= 15 is 0 Å². The van der Waals surface area contributed by atoms with Crippen molar-refractivity contribution in [3.8, 4) is 0 Å². The van der Waals surface area contributed by atoms with E-state index in [2.05, 4.69) is 0 Å². The number of Topliss-reactive ketones (excluding diaryl/α,β-unsaturated/α-hetero) is 1. The topological polar surface area (TPSA) is 77.8 Å². The molecule has 0 aliphatic heterocycles. The first-order valence-electron chi connectivity index (χ1n) is 3.06. The van der Waals surface area contributed by atoms with E-state index in [1.54, 1.807) is 0 Å². The summed E-state index contributed by atoms with van der Waals surface area (Å²) in [7, 11) is 0. The van der Waals surface area contributed by atoms with Crippen molar-refractivity contribution >= 4 is 5.78 Å². The highest BCUT2D eigenvalue weighted by Crippen LogP contribution is 1.97. The van der Waals surface area contributed by atoms with Gasteiger partial charge in [0.05, 0.1) is 12.2 Å². The monoisotopic (exact) mass is 148 g/mol. The standard InChI is InChI=1S/C6H12O4/c1-4(8)6(10)2-5(9)3-7/h4,6-8,10H,2-3H2,1H3/t4-,6-/m1/s1. The van der Waals surface area contributed by atoms with E-state index in [9.17, 15) is 4.79 Å². The Balaban J connectivity index is 3.57. The lowest BCUT2D eigenvalue weighted by atomic mass is 10.1. The molecular weight excluding hydrogens is 136 g/mol. The van der Waals surface area contributed by atoms with Gasteiger partial charge in [0.2, 0.25) is 0 Å². The van der Waals surface area contributed by atoms with Gasteiger partial charge >= 0.3 is 0 Å². The van der Waals surface area contributed by atoms with E-state index in [-0.39, 0.29) is 6.42 Å². The number of ketones is 1. The Morgan fingerprint density at radius 1 is 1.50 bits per heavy atom. The van der Waals surface area contributed by atoms with Gasteiger partial charge in [-0.2, -0.15) is 0 Å². The summed E-state index contributed by atoms with van der Waals surface area (Å²) in [6.07, 6.45) is -2.16. The number of aliphatic hydroxyl groups is 3. The number of rotatable bonds is 4. The van der Waals surface area contributed by atoms with Crippen molar-refractivity contribution in [1.82, 2.24) is 0 Å². The van der Waals surface area contributed by atoms with Gasteiger partial charge in [0, 0.05) is 6.42 Å². The molecule has 60 valence electrons. The molecule has 10 heavy (non-hydrogen) atoms. The van der Waals surface area contributed by atoms with Crippen LogP contribution in [0, 0.1) is 0 Å². The van der Waals surface area contributed by atoms with Crippen molar-refractivity contribution < 1.29 is 20.1 Å². The highest BCUT2D eigenvalue weighted by Gasteiger charge is 2.14. The summed E-state index contributed by atoms with van der Waals surface area (Å²) >= 11 is 0. The number of carbonyl (C=O) groups is 1. The minimum Gasteiger partial charge on any atom is -0.391 e. The zero-order valence-corrected chi connectivity index (χ0v) is 5.82. The molecule has 0 aromatic heterocycles. The third-order valence-electron chi connectivity index (χ3n) is 1.17. The van der Waals surface area contributed by atoms with Gasteiger partial charge in [-0.15, -0.1) is 0 Å². The Bertz CT molecular complexity index is 110. The molecule has 0 spiro atoms. The van der Waals surface area contributed by atoms with E-state index in [1.807, 2.05) is 0 Å². The number of hydrogen-bond acceptors (Lipinski definition) is 4. The van der Waals surface area contributed by atoms with Crippen LogP contribution in [0.2, 0.25) is 0 Å². The summed E-state index contributed by atoms with van der Waals surface area (Å²) in [5.41, 5.74) is 0. The fourth-order valence-electron chi connectivity index (χ4n) is 0.468. The minimum atomic E-state index is -1.06. The maximum absolute atomic E-state index is 10.4. The first-order valence-corrected chi connectivity index (χ1v) is 3.06. The Labute approximate surface area is 59.1 Å². The van der Waals surface area contributed by atoms with E-state index in [0.29, 0.717) is 0 Å². The zero-order valence-electron chi connectivity index (χ0n) is 5.82. The van der Waals surface area contributed by atoms with Gasteiger partial charge in [0.15, 0.2) is 5.78 Å². The lowest BCUT2D eigenvalue weighted by Crippen LogP contribution is -2.26. The molecular formula is C6H12O4. The Morgan fingerprint density at radius 2 is 2.00 bits per heavy atom. The fourth-order valence-corrected chi connectivity index (χ4v) is 0.468. The largest absolute Gasteiger partial charge is 0.391 e. The molecule has 4 heteroatoms. The predicted octanol–water partition coefficient (Wildman–Crippen LogP) is -1.32. The van der Waals surface area contributed by atoms with Crippen LogP contribution < -0.4 is 0 Å². The normalized spacial score (nSPS) is 16.4. The van der Waals surface area contributed by atoms with Crippen LogP contribution >= 0.6 is 0 Å². The van der Waals surface area contributed by atoms with E-state index in [4.69, 9.17) is 15.3 Å². The molecule has 0 aromatic rings. The van der Waals surface area contributed by atoms with Gasteiger partial charge in [-0.3, -0.25) is 4.79 Å². The molecule has 0 bridgehead atoms. The van der Waals surface area contributed by atoms with Gasteiger partial charge in [-0.1, -0.05) is 0 Å². The molecule has 4 nitrogen and oxygen atoms in total. The lowest BCUT2D eigenvalue weighted by Gasteiger charge is -2.10. The first kappa shape index (κ1) is 9.55. The van der Waals surface area contributed by atoms with E-state index in [1.165, 1.54) is 6.92 Å². The van der Waals surface area contributed by atoms with Crippen LogP contribution in [0.5, 0.6) is 0 Å². The second-order valence-corrected chi connectivity index (χ2v) is 2.21. The zero-order chi connectivity index (χ0) is 8.15. The molecule has 3 N–H and O–H groups in total. The van der Waals surface area contributed by atoms with Crippen molar-refractivity contribution in [1.29, 1.82) is 0 Å². The van der Waals surface area contributed by atoms with Gasteiger partial charge in [0.1, 0.15) is 6.61 Å². The van der Waals surface area contributed by atoms with Gasteiger partial charge < -0.3 is 15.3 Å². The first-order chi connectivity index (χ1) is 4.57. The number of aliphatic hydroxyl groups excluding tert-OH is 3. The second kappa shape index (κ2) is 4.38. The van der Waals surface area contributed by atoms with Gasteiger partial charge in [-0.05, 0) is 6.92 Å². The van der Waals surface area contributed by atoms with Crippen LogP contribution in [0.1, 0.15) is 13.3 Å². The Hall–Kier alpha value is -0.450.